The van der Waals surface area contributed by atoms with Gasteiger partial charge in [-0.2, -0.15) is 20.5 Å². The van der Waals surface area contributed by atoms with Crippen LogP contribution in [0, 0.1) is 16.6 Å². The summed E-state index contributed by atoms with van der Waals surface area (Å²) in [7, 11) is 0. The van der Waals surface area contributed by atoms with E-state index < -0.39 is 0 Å². The fourth-order valence-corrected chi connectivity index (χ4v) is 12.3. The van der Waals surface area contributed by atoms with Crippen molar-refractivity contribution in [2.24, 2.45) is 0 Å². The van der Waals surface area contributed by atoms with Gasteiger partial charge in [0.25, 0.3) is 0 Å². The fourth-order valence-electron chi connectivity index (χ4n) is 5.29. The summed E-state index contributed by atoms with van der Waals surface area (Å²) >= 11 is 31.3. The van der Waals surface area contributed by atoms with E-state index >= 15 is 0 Å². The van der Waals surface area contributed by atoms with Gasteiger partial charge in [-0.3, -0.25) is 19.9 Å². The monoisotopic (exact) mass is 1110 g/mol. The molecule has 0 atom stereocenters. The van der Waals surface area contributed by atoms with Crippen LogP contribution in [0.15, 0.2) is 115 Å². The van der Waals surface area contributed by atoms with E-state index in [0.717, 1.165) is 72.6 Å². The topological polar surface area (TPSA) is 166 Å². The van der Waals surface area contributed by atoms with Gasteiger partial charge < -0.3 is 4.90 Å². The number of aromatic amines is 4. The molecule has 5 aromatic heterocycles. The van der Waals surface area contributed by atoms with Crippen LogP contribution in [0.3, 0.4) is 0 Å². The lowest BCUT2D eigenvalue weighted by Gasteiger charge is -2.16. The van der Waals surface area contributed by atoms with E-state index in [9.17, 15) is 0 Å². The number of benzene rings is 3. The number of H-pyrrole nitrogens is 4. The number of thioether (sulfide) groups is 4. The highest BCUT2D eigenvalue weighted by Gasteiger charge is 2.04. The number of nitrogens with one attached hydrogen (secondary N) is 4. The third-order valence-electron chi connectivity index (χ3n) is 8.68. The van der Waals surface area contributed by atoms with Gasteiger partial charge in [0.15, 0.2) is 30.0 Å². The minimum absolute atomic E-state index is 0.432. The first-order valence-corrected chi connectivity index (χ1v) is 29.3. The average Bonchev–Trinajstić information content (AvgIpc) is 4.24. The van der Waals surface area contributed by atoms with E-state index in [-0.39, 0.29) is 0 Å². The third-order valence-corrected chi connectivity index (χ3v) is 16.4. The minimum atomic E-state index is 0.432. The molecule has 0 bridgehead atoms. The number of unbranched alkanes of at least 4 members (excludes halogenated alkanes) is 4. The second-order valence-electron chi connectivity index (χ2n) is 13.3. The van der Waals surface area contributed by atoms with Gasteiger partial charge >= 0.3 is 0 Å². The third kappa shape index (κ3) is 22.8. The molecule has 14 nitrogen and oxygen atoms in total. The summed E-state index contributed by atoms with van der Waals surface area (Å²) in [5, 5.41) is 39.3. The van der Waals surface area contributed by atoms with Crippen LogP contribution in [-0.2, 0) is 5.75 Å². The smallest absolute Gasteiger partial charge is 0.242 e. The molecule has 5 heterocycles. The van der Waals surface area contributed by atoms with E-state index in [1.54, 1.807) is 69.0 Å². The summed E-state index contributed by atoms with van der Waals surface area (Å²) in [5.74, 6) is 3.19. The Balaban J connectivity index is 0.000000183. The summed E-state index contributed by atoms with van der Waals surface area (Å²) in [5.41, 5.74) is 3.34. The quantitative estimate of drug-likeness (QED) is 0.0343. The van der Waals surface area contributed by atoms with Gasteiger partial charge in [-0.1, -0.05) is 205 Å². The Bertz CT molecular complexity index is 2700. The van der Waals surface area contributed by atoms with Crippen molar-refractivity contribution in [2.45, 2.75) is 76.8 Å². The predicted molar refractivity (Wildman–Crippen MR) is 296 cm³/mol. The molecular formula is C42H54N14S11. The van der Waals surface area contributed by atoms with Crippen molar-refractivity contribution in [3.05, 3.63) is 120 Å². The van der Waals surface area contributed by atoms with Crippen molar-refractivity contribution in [1.29, 1.82) is 0 Å². The number of rotatable bonds is 19. The molecule has 67 heavy (non-hydrogen) atoms. The molecule has 358 valence electrons. The van der Waals surface area contributed by atoms with Crippen molar-refractivity contribution in [3.63, 3.8) is 0 Å². The van der Waals surface area contributed by atoms with Crippen molar-refractivity contribution < 1.29 is 0 Å². The van der Waals surface area contributed by atoms with Gasteiger partial charge in [0.05, 0.1) is 5.69 Å². The molecule has 0 aliphatic carbocycles. The molecule has 4 N–H and O–H groups in total. The maximum absolute atomic E-state index is 4.96. The van der Waals surface area contributed by atoms with Gasteiger partial charge in [-0.15, -0.1) is 10.2 Å². The molecule has 3 aromatic carbocycles. The molecule has 0 spiro atoms. The van der Waals surface area contributed by atoms with Crippen molar-refractivity contribution in [2.75, 3.05) is 37.4 Å². The zero-order valence-electron chi connectivity index (χ0n) is 37.5. The Morgan fingerprint density at radius 1 is 0.612 bits per heavy atom. The van der Waals surface area contributed by atoms with Crippen molar-refractivity contribution in [3.8, 4) is 11.4 Å². The minimum Gasteiger partial charge on any atom is -0.303 e. The molecule has 0 amide bonds. The van der Waals surface area contributed by atoms with Crippen LogP contribution in [-0.4, -0.2) is 108 Å². The molecular weight excluding hydrogens is 1050 g/mol. The molecule has 0 aliphatic heterocycles. The van der Waals surface area contributed by atoms with Gasteiger partial charge in [-0.25, -0.2) is 4.68 Å². The standard InChI is InChI=1S/C9H9N3S.C9H8N2S3.C9H16N2S3.C8H15N3S3.C7H6N4S/c1-13-9-11-10-7-12(9)8-5-3-2-4-6-8;12-8-10-11-9(14-8)13-6-7-4-2-1-3-5-7;1-2-3-4-5-6-7-13-9-11-10-8(12)14-9;1-3-11(4-2)5-6-13-8-10-9-7(12)14-8;12-7-8-9-10-11(7)6-4-2-1-3-5-6/h2-7H,1H3;1-5H,6H2,(H,10,12);2-7H2,1H3,(H,10,12);3-6H2,1-2H3,(H,9,12);1-5H,(H,8,10,12). The Hall–Kier alpha value is -3.21. The van der Waals surface area contributed by atoms with E-state index in [4.69, 9.17) is 48.9 Å². The number of para-hydroxylation sites is 2. The van der Waals surface area contributed by atoms with Crippen LogP contribution >= 0.6 is 130 Å². The summed E-state index contributed by atoms with van der Waals surface area (Å²) < 4.78 is 9.42. The van der Waals surface area contributed by atoms with E-state index in [1.807, 2.05) is 101 Å². The lowest BCUT2D eigenvalue weighted by molar-refractivity contribution is 0.324. The Morgan fingerprint density at radius 3 is 1.63 bits per heavy atom. The maximum atomic E-state index is 4.96. The highest BCUT2D eigenvalue weighted by molar-refractivity contribution is 8.01. The lowest BCUT2D eigenvalue weighted by Crippen LogP contribution is -2.25. The Labute approximate surface area is 441 Å². The number of tetrazole rings is 1. The second kappa shape index (κ2) is 34.1. The number of hydrogen-bond acceptors (Lipinski definition) is 19. The average molecular weight is 1110 g/mol. The molecule has 0 fully saturated rings. The zero-order chi connectivity index (χ0) is 47.9. The summed E-state index contributed by atoms with van der Waals surface area (Å²) in [6.07, 6.45) is 10.4. The van der Waals surface area contributed by atoms with Crippen LogP contribution in [0.5, 0.6) is 0 Å². The first kappa shape index (κ1) is 56.4. The molecule has 0 aliphatic rings. The number of aromatic nitrogens is 13. The maximum Gasteiger partial charge on any atom is 0.242 e. The predicted octanol–water partition coefficient (Wildman–Crippen LogP) is 13.7. The summed E-state index contributed by atoms with van der Waals surface area (Å²) in [6.45, 7) is 9.97. The van der Waals surface area contributed by atoms with E-state index in [1.165, 1.54) is 54.8 Å². The SMILES string of the molecule is CCCCCCCSc1n[nH]c(=S)s1.CCN(CC)CCSc1n[nH]c(=S)s1.CSc1nncn1-c1ccccc1.S=c1[nH]nc(SCc2ccccc2)s1.S=c1nn[nH]n1-c1ccccc1. The van der Waals surface area contributed by atoms with Crippen LogP contribution in [0.2, 0.25) is 0 Å². The molecule has 0 unspecified atom stereocenters. The summed E-state index contributed by atoms with van der Waals surface area (Å²) in [4.78, 5) is 2.40. The molecule has 8 aromatic rings. The van der Waals surface area contributed by atoms with Crippen molar-refractivity contribution >= 4 is 130 Å². The zero-order valence-corrected chi connectivity index (χ0v) is 46.5. The molecule has 25 heteroatoms. The van der Waals surface area contributed by atoms with Gasteiger partial charge in [0.1, 0.15) is 6.33 Å². The number of hydrogen-bond donors (Lipinski definition) is 4. The van der Waals surface area contributed by atoms with Gasteiger partial charge in [0, 0.05) is 29.5 Å². The van der Waals surface area contributed by atoms with Crippen molar-refractivity contribution in [1.82, 2.24) is 70.5 Å². The largest absolute Gasteiger partial charge is 0.303 e. The second-order valence-corrected chi connectivity index (χ2v) is 23.4. The molecule has 0 radical (unpaired) electrons. The van der Waals surface area contributed by atoms with Crippen LogP contribution in [0.1, 0.15) is 58.4 Å². The first-order valence-electron chi connectivity index (χ1n) is 21.1. The van der Waals surface area contributed by atoms with Crippen LogP contribution in [0.25, 0.3) is 11.4 Å². The van der Waals surface area contributed by atoms with E-state index in [2.05, 4.69) is 94.1 Å². The van der Waals surface area contributed by atoms with Gasteiger partial charge in [-0.05, 0) is 104 Å². The van der Waals surface area contributed by atoms with Gasteiger partial charge in [0.2, 0.25) is 4.77 Å². The normalized spacial score (nSPS) is 10.5. The molecule has 0 saturated heterocycles. The Morgan fingerprint density at radius 2 is 1.13 bits per heavy atom. The van der Waals surface area contributed by atoms with E-state index in [0.29, 0.717) is 4.77 Å². The molecule has 8 rings (SSSR count). The van der Waals surface area contributed by atoms with Crippen LogP contribution < -0.4 is 0 Å². The fraction of sp³-hybridized carbons (Fsp3) is 0.357. The highest BCUT2D eigenvalue weighted by atomic mass is 32.2. The first-order chi connectivity index (χ1) is 32.7. The molecule has 0 saturated carbocycles. The van der Waals surface area contributed by atoms with Crippen LogP contribution in [0.4, 0.5) is 0 Å². The Kier molecular flexibility index (Phi) is 28.7. The summed E-state index contributed by atoms with van der Waals surface area (Å²) in [6, 6.07) is 30.0. The highest BCUT2D eigenvalue weighted by Crippen LogP contribution is 2.25. The lowest BCUT2D eigenvalue weighted by atomic mass is 10.2. The number of nitrogens with zero attached hydrogens (tertiary/aromatic N) is 10.